The Morgan fingerprint density at radius 2 is 2.00 bits per heavy atom. The average molecular weight is 287 g/mol. The van der Waals surface area contributed by atoms with E-state index in [9.17, 15) is 9.90 Å². The first kappa shape index (κ1) is 14.1. The average Bonchev–Trinajstić information content (AvgIpc) is 3.22. The lowest BCUT2D eigenvalue weighted by Crippen LogP contribution is -2.50. The monoisotopic (exact) mass is 287 g/mol. The predicted molar refractivity (Wildman–Crippen MR) is 81.4 cm³/mol. The molecule has 1 saturated carbocycles. The van der Waals surface area contributed by atoms with E-state index in [0.29, 0.717) is 11.7 Å². The molecule has 0 saturated heterocycles. The summed E-state index contributed by atoms with van der Waals surface area (Å²) in [6.45, 7) is 5.89. The third-order valence-corrected chi connectivity index (χ3v) is 4.56. The summed E-state index contributed by atoms with van der Waals surface area (Å²) in [6, 6.07) is 5.74. The van der Waals surface area contributed by atoms with Gasteiger partial charge in [-0.1, -0.05) is 0 Å². The first-order valence-corrected chi connectivity index (χ1v) is 7.37. The summed E-state index contributed by atoms with van der Waals surface area (Å²) in [7, 11) is 0. The Bertz CT molecular complexity index is 660. The van der Waals surface area contributed by atoms with Crippen LogP contribution in [0.4, 0.5) is 0 Å². The second-order valence-corrected chi connectivity index (χ2v) is 6.39. The van der Waals surface area contributed by atoms with Crippen LogP contribution in [-0.2, 0) is 0 Å². The molecule has 1 amide bonds. The lowest BCUT2D eigenvalue weighted by Gasteiger charge is -2.28. The quantitative estimate of drug-likeness (QED) is 0.908. The van der Waals surface area contributed by atoms with Crippen LogP contribution < -0.4 is 5.32 Å². The number of aliphatic hydroxyl groups excluding tert-OH is 1. The number of nitrogens with one attached hydrogen (secondary N) is 1. The van der Waals surface area contributed by atoms with Crippen LogP contribution in [-0.4, -0.2) is 23.2 Å². The van der Waals surface area contributed by atoms with E-state index in [2.05, 4.69) is 5.32 Å². The molecular weight excluding hydrogens is 266 g/mol. The molecule has 112 valence electrons. The number of benzene rings is 1. The van der Waals surface area contributed by atoms with E-state index in [4.69, 9.17) is 4.42 Å². The Kier molecular flexibility index (Phi) is 3.29. The van der Waals surface area contributed by atoms with Crippen LogP contribution in [0.5, 0.6) is 0 Å². The minimum absolute atomic E-state index is 0.0537. The second-order valence-electron chi connectivity index (χ2n) is 6.39. The summed E-state index contributed by atoms with van der Waals surface area (Å²) in [5, 5.41) is 13.4. The van der Waals surface area contributed by atoms with Crippen LogP contribution in [0, 0.1) is 19.8 Å². The van der Waals surface area contributed by atoms with Crippen molar-refractivity contribution in [2.75, 3.05) is 6.61 Å². The molecule has 1 fully saturated rings. The van der Waals surface area contributed by atoms with Gasteiger partial charge >= 0.3 is 0 Å². The van der Waals surface area contributed by atoms with E-state index in [-0.39, 0.29) is 12.5 Å². The van der Waals surface area contributed by atoms with Crippen molar-refractivity contribution in [3.63, 3.8) is 0 Å². The Morgan fingerprint density at radius 3 is 2.62 bits per heavy atom. The molecule has 0 bridgehead atoms. The normalized spacial score (nSPS) is 17.7. The maximum atomic E-state index is 12.4. The van der Waals surface area contributed by atoms with Crippen molar-refractivity contribution in [2.45, 2.75) is 39.2 Å². The predicted octanol–water partition coefficient (Wildman–Crippen LogP) is 2.94. The number of carbonyl (C=O) groups is 1. The van der Waals surface area contributed by atoms with E-state index < -0.39 is 5.54 Å². The van der Waals surface area contributed by atoms with Crippen molar-refractivity contribution in [1.82, 2.24) is 5.32 Å². The zero-order valence-electron chi connectivity index (χ0n) is 12.7. The van der Waals surface area contributed by atoms with E-state index in [1.807, 2.05) is 32.9 Å². The third-order valence-electron chi connectivity index (χ3n) is 4.56. The molecule has 4 nitrogen and oxygen atoms in total. The zero-order chi connectivity index (χ0) is 15.2. The third kappa shape index (κ3) is 2.56. The Labute approximate surface area is 124 Å². The first-order valence-electron chi connectivity index (χ1n) is 7.37. The largest absolute Gasteiger partial charge is 0.451 e. The van der Waals surface area contributed by atoms with Gasteiger partial charge in [0.1, 0.15) is 5.58 Å². The molecule has 1 heterocycles. The van der Waals surface area contributed by atoms with Crippen molar-refractivity contribution >= 4 is 16.9 Å². The summed E-state index contributed by atoms with van der Waals surface area (Å²) in [4.78, 5) is 12.4. The molecule has 21 heavy (non-hydrogen) atoms. The molecule has 4 heteroatoms. The van der Waals surface area contributed by atoms with Gasteiger partial charge in [-0.3, -0.25) is 4.79 Å². The highest BCUT2D eigenvalue weighted by Crippen LogP contribution is 2.39. The molecule has 1 aliphatic rings. The van der Waals surface area contributed by atoms with E-state index in [1.54, 1.807) is 6.07 Å². The van der Waals surface area contributed by atoms with Gasteiger partial charge in [-0.25, -0.2) is 0 Å². The summed E-state index contributed by atoms with van der Waals surface area (Å²) in [5.41, 5.74) is 2.48. The van der Waals surface area contributed by atoms with Crippen molar-refractivity contribution in [3.05, 3.63) is 35.1 Å². The van der Waals surface area contributed by atoms with Gasteiger partial charge < -0.3 is 14.8 Å². The number of hydrogen-bond donors (Lipinski definition) is 2. The summed E-state index contributed by atoms with van der Waals surface area (Å²) in [6.07, 6.45) is 2.10. The van der Waals surface area contributed by atoms with Gasteiger partial charge in [0.05, 0.1) is 12.1 Å². The highest BCUT2D eigenvalue weighted by atomic mass is 16.3. The number of fused-ring (bicyclic) bond motifs is 1. The van der Waals surface area contributed by atoms with Crippen molar-refractivity contribution < 1.29 is 14.3 Å². The lowest BCUT2D eigenvalue weighted by atomic mass is 9.97. The van der Waals surface area contributed by atoms with E-state index >= 15 is 0 Å². The maximum absolute atomic E-state index is 12.4. The number of aryl methyl sites for hydroxylation is 2. The van der Waals surface area contributed by atoms with Gasteiger partial charge in [0.15, 0.2) is 5.76 Å². The summed E-state index contributed by atoms with van der Waals surface area (Å²) in [5.74, 6) is 0.403. The number of hydrogen-bond acceptors (Lipinski definition) is 3. The van der Waals surface area contributed by atoms with Gasteiger partial charge in [0, 0.05) is 5.39 Å². The smallest absolute Gasteiger partial charge is 0.287 e. The van der Waals surface area contributed by atoms with Crippen molar-refractivity contribution in [3.8, 4) is 0 Å². The minimum atomic E-state index is -0.554. The Morgan fingerprint density at radius 1 is 1.33 bits per heavy atom. The number of aliphatic hydroxyl groups is 1. The van der Waals surface area contributed by atoms with Gasteiger partial charge in [-0.2, -0.15) is 0 Å². The van der Waals surface area contributed by atoms with Gasteiger partial charge in [0.2, 0.25) is 0 Å². The Balaban J connectivity index is 1.87. The molecule has 2 N–H and O–H groups in total. The van der Waals surface area contributed by atoms with E-state index in [0.717, 1.165) is 29.4 Å². The fraction of sp³-hybridized carbons (Fsp3) is 0.471. The molecule has 0 radical (unpaired) electrons. The standard InChI is InChI=1S/C17H21NO3/c1-10-6-12-8-15(21-14(12)7-11(10)2)16(20)18-17(3,9-19)13-4-5-13/h6-8,13,19H,4-5,9H2,1-3H3,(H,18,20). The molecule has 3 rings (SSSR count). The van der Waals surface area contributed by atoms with Crippen molar-refractivity contribution in [1.29, 1.82) is 0 Å². The fourth-order valence-electron chi connectivity index (χ4n) is 2.73. The number of amides is 1. The zero-order valence-corrected chi connectivity index (χ0v) is 12.7. The van der Waals surface area contributed by atoms with Crippen LogP contribution >= 0.6 is 0 Å². The van der Waals surface area contributed by atoms with Crippen LogP contribution in [0.15, 0.2) is 22.6 Å². The SMILES string of the molecule is Cc1cc2cc(C(=O)NC(C)(CO)C3CC3)oc2cc1C. The van der Waals surface area contributed by atoms with Gasteiger partial charge in [0.25, 0.3) is 5.91 Å². The first-order chi connectivity index (χ1) is 9.93. The molecule has 1 atom stereocenters. The molecule has 1 aromatic heterocycles. The van der Waals surface area contributed by atoms with Gasteiger partial charge in [-0.05, 0) is 68.9 Å². The van der Waals surface area contributed by atoms with Crippen LogP contribution in [0.25, 0.3) is 11.0 Å². The highest BCUT2D eigenvalue weighted by Gasteiger charge is 2.42. The van der Waals surface area contributed by atoms with Crippen LogP contribution in [0.1, 0.15) is 41.4 Å². The molecular formula is C17H21NO3. The van der Waals surface area contributed by atoms with Gasteiger partial charge in [-0.15, -0.1) is 0 Å². The Hall–Kier alpha value is -1.81. The van der Waals surface area contributed by atoms with Crippen molar-refractivity contribution in [2.24, 2.45) is 5.92 Å². The van der Waals surface area contributed by atoms with Crippen LogP contribution in [0.3, 0.4) is 0 Å². The second kappa shape index (κ2) is 4.88. The molecule has 1 aromatic carbocycles. The van der Waals surface area contributed by atoms with Crippen LogP contribution in [0.2, 0.25) is 0 Å². The molecule has 0 spiro atoms. The van der Waals surface area contributed by atoms with E-state index in [1.165, 1.54) is 5.56 Å². The number of furan rings is 1. The summed E-state index contributed by atoms with van der Waals surface area (Å²) >= 11 is 0. The maximum Gasteiger partial charge on any atom is 0.287 e. The summed E-state index contributed by atoms with van der Waals surface area (Å²) < 4.78 is 5.66. The highest BCUT2D eigenvalue weighted by molar-refractivity contribution is 5.96. The molecule has 2 aromatic rings. The number of carbonyl (C=O) groups excluding carboxylic acids is 1. The molecule has 0 aliphatic heterocycles. The topological polar surface area (TPSA) is 62.5 Å². The number of rotatable bonds is 4. The lowest BCUT2D eigenvalue weighted by molar-refractivity contribution is 0.0799. The fourth-order valence-corrected chi connectivity index (χ4v) is 2.73. The molecule has 1 aliphatic carbocycles. The molecule has 1 unspecified atom stereocenters. The minimum Gasteiger partial charge on any atom is -0.451 e.